The summed E-state index contributed by atoms with van der Waals surface area (Å²) in [6.07, 6.45) is 6.54. The largest absolute Gasteiger partial charge is 0.493 e. The molecule has 2 aliphatic heterocycles. The van der Waals surface area contributed by atoms with E-state index in [9.17, 15) is 14.0 Å². The van der Waals surface area contributed by atoms with E-state index >= 15 is 0 Å². The minimum Gasteiger partial charge on any atom is -0.493 e. The van der Waals surface area contributed by atoms with Crippen molar-refractivity contribution in [2.75, 3.05) is 32.8 Å². The van der Waals surface area contributed by atoms with Crippen LogP contribution < -0.4 is 4.74 Å². The van der Waals surface area contributed by atoms with E-state index in [2.05, 4.69) is 11.1 Å². The molecule has 3 heterocycles. The molecular weight excluding hydrogens is 445 g/mol. The number of piperidine rings is 1. The van der Waals surface area contributed by atoms with Gasteiger partial charge in [-0.1, -0.05) is 24.3 Å². The second kappa shape index (κ2) is 10.3. The molecule has 6 nitrogen and oxygen atoms in total. The summed E-state index contributed by atoms with van der Waals surface area (Å²) >= 11 is 0. The number of nitrogens with one attached hydrogen (secondary N) is 1. The van der Waals surface area contributed by atoms with Crippen LogP contribution in [0.3, 0.4) is 0 Å². The van der Waals surface area contributed by atoms with Gasteiger partial charge in [0.1, 0.15) is 11.6 Å². The molecule has 1 fully saturated rings. The summed E-state index contributed by atoms with van der Waals surface area (Å²) in [6.45, 7) is 2.84. The fourth-order valence-corrected chi connectivity index (χ4v) is 5.04. The van der Waals surface area contributed by atoms with Crippen molar-refractivity contribution < 1.29 is 18.7 Å². The second-order valence-corrected chi connectivity index (χ2v) is 9.22. The predicted molar refractivity (Wildman–Crippen MR) is 133 cm³/mol. The number of likely N-dealkylation sites (tertiary alicyclic amines) is 1. The number of H-pyrrole nitrogens is 1. The van der Waals surface area contributed by atoms with Crippen LogP contribution >= 0.6 is 0 Å². The van der Waals surface area contributed by atoms with Gasteiger partial charge in [0, 0.05) is 54.8 Å². The molecule has 0 aliphatic carbocycles. The number of benzene rings is 2. The SMILES string of the molecule is O=C(CCOc1ccccc1)N1CCC(C(=O)N2CC=C(c3c[nH]c4cc(F)ccc34)CC2)CC1. The van der Waals surface area contributed by atoms with E-state index in [1.807, 2.05) is 46.3 Å². The van der Waals surface area contributed by atoms with Crippen LogP contribution in [0, 0.1) is 11.7 Å². The maximum absolute atomic E-state index is 13.5. The number of hydrogen-bond donors (Lipinski definition) is 1. The van der Waals surface area contributed by atoms with E-state index in [0.717, 1.165) is 28.6 Å². The third-order valence-corrected chi connectivity index (χ3v) is 7.04. The highest BCUT2D eigenvalue weighted by atomic mass is 19.1. The monoisotopic (exact) mass is 475 g/mol. The highest BCUT2D eigenvalue weighted by Crippen LogP contribution is 2.30. The highest BCUT2D eigenvalue weighted by molar-refractivity contribution is 5.93. The van der Waals surface area contributed by atoms with Gasteiger partial charge < -0.3 is 19.5 Å². The van der Waals surface area contributed by atoms with Crippen molar-refractivity contribution in [3.05, 3.63) is 72.2 Å². The van der Waals surface area contributed by atoms with Gasteiger partial charge >= 0.3 is 0 Å². The number of nitrogens with zero attached hydrogens (tertiary/aromatic N) is 2. The number of halogens is 1. The first-order valence-electron chi connectivity index (χ1n) is 12.3. The van der Waals surface area contributed by atoms with Crippen molar-refractivity contribution in [3.63, 3.8) is 0 Å². The Balaban J connectivity index is 1.10. The molecule has 1 N–H and O–H groups in total. The molecule has 5 rings (SSSR count). The molecule has 3 aromatic rings. The Hall–Kier alpha value is -3.61. The third kappa shape index (κ3) is 5.24. The molecule has 35 heavy (non-hydrogen) atoms. The number of para-hydroxylation sites is 1. The number of hydrogen-bond acceptors (Lipinski definition) is 3. The Morgan fingerprint density at radius 3 is 2.57 bits per heavy atom. The van der Waals surface area contributed by atoms with Crippen LogP contribution in [0.25, 0.3) is 16.5 Å². The highest BCUT2D eigenvalue weighted by Gasteiger charge is 2.31. The Morgan fingerprint density at radius 1 is 1.03 bits per heavy atom. The Morgan fingerprint density at radius 2 is 1.83 bits per heavy atom. The molecule has 0 unspecified atom stereocenters. The van der Waals surface area contributed by atoms with Crippen molar-refractivity contribution in [1.29, 1.82) is 0 Å². The van der Waals surface area contributed by atoms with Gasteiger partial charge in [-0.3, -0.25) is 9.59 Å². The molecule has 7 heteroatoms. The minimum absolute atomic E-state index is 0.0365. The van der Waals surface area contributed by atoms with Crippen molar-refractivity contribution >= 4 is 28.3 Å². The molecule has 1 saturated heterocycles. The second-order valence-electron chi connectivity index (χ2n) is 9.22. The summed E-state index contributed by atoms with van der Waals surface area (Å²) in [7, 11) is 0. The van der Waals surface area contributed by atoms with Gasteiger partial charge in [-0.15, -0.1) is 0 Å². The van der Waals surface area contributed by atoms with Crippen molar-refractivity contribution in [1.82, 2.24) is 14.8 Å². The van der Waals surface area contributed by atoms with E-state index in [1.165, 1.54) is 17.7 Å². The van der Waals surface area contributed by atoms with Crippen LogP contribution in [0.5, 0.6) is 5.75 Å². The summed E-state index contributed by atoms with van der Waals surface area (Å²) in [4.78, 5) is 32.6. The molecule has 1 aromatic heterocycles. The lowest BCUT2D eigenvalue weighted by atomic mass is 9.93. The number of aromatic amines is 1. The van der Waals surface area contributed by atoms with Gasteiger partial charge in [0.15, 0.2) is 0 Å². The van der Waals surface area contributed by atoms with E-state index in [4.69, 9.17) is 4.74 Å². The fourth-order valence-electron chi connectivity index (χ4n) is 5.04. The smallest absolute Gasteiger partial charge is 0.226 e. The number of aromatic nitrogens is 1. The Kier molecular flexibility index (Phi) is 6.84. The molecule has 2 amide bonds. The first-order valence-corrected chi connectivity index (χ1v) is 12.3. The summed E-state index contributed by atoms with van der Waals surface area (Å²) in [5.74, 6) is 0.734. The van der Waals surface area contributed by atoms with Gasteiger partial charge in [0.05, 0.1) is 13.0 Å². The number of fused-ring (bicyclic) bond motifs is 1. The molecule has 0 saturated carbocycles. The number of rotatable bonds is 6. The fraction of sp³-hybridized carbons (Fsp3) is 0.357. The molecular formula is C28H30FN3O3. The predicted octanol–water partition coefficient (Wildman–Crippen LogP) is 4.63. The average molecular weight is 476 g/mol. The quantitative estimate of drug-likeness (QED) is 0.565. The van der Waals surface area contributed by atoms with Gasteiger partial charge in [0.25, 0.3) is 0 Å². The molecule has 2 aliphatic rings. The molecule has 0 bridgehead atoms. The van der Waals surface area contributed by atoms with Gasteiger partial charge in [-0.25, -0.2) is 4.39 Å². The molecule has 0 spiro atoms. The van der Waals surface area contributed by atoms with E-state index in [1.54, 1.807) is 6.07 Å². The van der Waals surface area contributed by atoms with Gasteiger partial charge in [-0.2, -0.15) is 0 Å². The number of ether oxygens (including phenoxy) is 1. The number of amides is 2. The van der Waals surface area contributed by atoms with Gasteiger partial charge in [0.2, 0.25) is 11.8 Å². The van der Waals surface area contributed by atoms with E-state index in [-0.39, 0.29) is 23.5 Å². The van der Waals surface area contributed by atoms with E-state index < -0.39 is 0 Å². The van der Waals surface area contributed by atoms with Crippen molar-refractivity contribution in [2.24, 2.45) is 5.92 Å². The lowest BCUT2D eigenvalue weighted by Gasteiger charge is -2.35. The lowest BCUT2D eigenvalue weighted by molar-refractivity contribution is -0.140. The number of carbonyl (C=O) groups excluding carboxylic acids is 2. The zero-order valence-electron chi connectivity index (χ0n) is 19.7. The minimum atomic E-state index is -0.256. The molecule has 182 valence electrons. The summed E-state index contributed by atoms with van der Waals surface area (Å²) in [5, 5.41) is 1.00. The average Bonchev–Trinajstić information content (AvgIpc) is 3.32. The van der Waals surface area contributed by atoms with Crippen LogP contribution in [0.1, 0.15) is 31.2 Å². The van der Waals surface area contributed by atoms with Crippen LogP contribution in [-0.2, 0) is 9.59 Å². The van der Waals surface area contributed by atoms with Crippen molar-refractivity contribution in [2.45, 2.75) is 25.7 Å². The first kappa shape index (κ1) is 23.1. The van der Waals surface area contributed by atoms with Crippen molar-refractivity contribution in [3.8, 4) is 5.75 Å². The van der Waals surface area contributed by atoms with Crippen LogP contribution in [0.4, 0.5) is 4.39 Å². The molecule has 0 atom stereocenters. The Labute approximate surface area is 204 Å². The maximum Gasteiger partial charge on any atom is 0.226 e. The third-order valence-electron chi connectivity index (χ3n) is 7.04. The molecule has 0 radical (unpaired) electrons. The topological polar surface area (TPSA) is 65.6 Å². The lowest BCUT2D eigenvalue weighted by Crippen LogP contribution is -2.45. The van der Waals surface area contributed by atoms with Crippen LogP contribution in [0.2, 0.25) is 0 Å². The maximum atomic E-state index is 13.5. The van der Waals surface area contributed by atoms with Crippen LogP contribution in [0.15, 0.2) is 60.8 Å². The Bertz CT molecular complexity index is 1230. The normalized spacial score (nSPS) is 16.9. The summed E-state index contributed by atoms with van der Waals surface area (Å²) < 4.78 is 19.1. The van der Waals surface area contributed by atoms with Gasteiger partial charge in [-0.05, 0) is 55.2 Å². The first-order chi connectivity index (χ1) is 17.1. The summed E-state index contributed by atoms with van der Waals surface area (Å²) in [5.41, 5.74) is 3.05. The zero-order chi connectivity index (χ0) is 24.2. The molecule has 2 aromatic carbocycles. The van der Waals surface area contributed by atoms with Crippen LogP contribution in [-0.4, -0.2) is 59.4 Å². The standard InChI is InChI=1S/C28H30FN3O3/c29-22-6-7-24-25(19-30-26(24)18-22)20-8-15-32(16-9-20)28(34)21-10-13-31(14-11-21)27(33)12-17-35-23-4-2-1-3-5-23/h1-8,18-19,21,30H,9-17H2. The summed E-state index contributed by atoms with van der Waals surface area (Å²) in [6, 6.07) is 14.3. The number of carbonyl (C=O) groups is 2. The van der Waals surface area contributed by atoms with E-state index in [0.29, 0.717) is 52.0 Å². The zero-order valence-corrected chi connectivity index (χ0v) is 19.7.